The van der Waals surface area contributed by atoms with Crippen molar-refractivity contribution in [3.8, 4) is 0 Å². The highest BCUT2D eigenvalue weighted by Crippen LogP contribution is 1.73. The summed E-state index contributed by atoms with van der Waals surface area (Å²) >= 11 is 0. The number of carboxylic acids is 2. The second-order valence-corrected chi connectivity index (χ2v) is 2.89. The van der Waals surface area contributed by atoms with Crippen molar-refractivity contribution in [1.82, 2.24) is 10.1 Å². The van der Waals surface area contributed by atoms with E-state index in [4.69, 9.17) is 30.2 Å². The standard InChI is InChI=1S/2C4H11NO.C2H2O4/c2*1-3-5(6)4-2;3-1(4)2(5)6/h2*6H,3-4H2,1-2H3;(H,3,4)(H,5,6). The van der Waals surface area contributed by atoms with Crippen molar-refractivity contribution in [2.75, 3.05) is 26.2 Å². The van der Waals surface area contributed by atoms with E-state index in [1.54, 1.807) is 0 Å². The molecule has 8 nitrogen and oxygen atoms in total. The molecule has 0 unspecified atom stereocenters. The van der Waals surface area contributed by atoms with Gasteiger partial charge >= 0.3 is 11.9 Å². The van der Waals surface area contributed by atoms with Gasteiger partial charge in [-0.1, -0.05) is 27.7 Å². The molecule has 0 aromatic rings. The van der Waals surface area contributed by atoms with Crippen molar-refractivity contribution in [3.05, 3.63) is 0 Å². The molecule has 0 aliphatic rings. The second-order valence-electron chi connectivity index (χ2n) is 2.89. The van der Waals surface area contributed by atoms with Crippen LogP contribution >= 0.6 is 0 Å². The van der Waals surface area contributed by atoms with Crippen molar-refractivity contribution in [2.24, 2.45) is 0 Å². The van der Waals surface area contributed by atoms with Crippen molar-refractivity contribution in [3.63, 3.8) is 0 Å². The average Bonchev–Trinajstić information content (AvgIpc) is 2.37. The van der Waals surface area contributed by atoms with E-state index in [1.807, 2.05) is 27.7 Å². The van der Waals surface area contributed by atoms with Gasteiger partial charge in [0.25, 0.3) is 0 Å². The molecular weight excluding hydrogens is 244 g/mol. The quantitative estimate of drug-likeness (QED) is 0.432. The molecule has 0 saturated heterocycles. The summed E-state index contributed by atoms with van der Waals surface area (Å²) in [6.07, 6.45) is 0. The first-order chi connectivity index (χ1) is 8.26. The zero-order valence-corrected chi connectivity index (χ0v) is 11.3. The highest BCUT2D eigenvalue weighted by atomic mass is 16.5. The Kier molecular flexibility index (Phi) is 19.3. The Bertz CT molecular complexity index is 183. The summed E-state index contributed by atoms with van der Waals surface area (Å²) in [6, 6.07) is 0. The zero-order chi connectivity index (χ0) is 15.1. The van der Waals surface area contributed by atoms with Gasteiger partial charge in [-0.3, -0.25) is 0 Å². The molecule has 4 N–H and O–H groups in total. The number of hydrogen-bond donors (Lipinski definition) is 4. The van der Waals surface area contributed by atoms with Crippen LogP contribution in [0.25, 0.3) is 0 Å². The lowest BCUT2D eigenvalue weighted by Gasteiger charge is -2.05. The monoisotopic (exact) mass is 268 g/mol. The van der Waals surface area contributed by atoms with Crippen molar-refractivity contribution >= 4 is 11.9 Å². The average molecular weight is 268 g/mol. The Morgan fingerprint density at radius 2 is 0.889 bits per heavy atom. The first-order valence-corrected chi connectivity index (χ1v) is 5.60. The molecule has 0 bridgehead atoms. The maximum absolute atomic E-state index is 9.10. The summed E-state index contributed by atoms with van der Waals surface area (Å²) in [6.45, 7) is 10.5. The van der Waals surface area contributed by atoms with Crippen LogP contribution in [0.15, 0.2) is 0 Å². The number of aliphatic carboxylic acids is 2. The van der Waals surface area contributed by atoms with Gasteiger partial charge in [-0.25, -0.2) is 9.59 Å². The summed E-state index contributed by atoms with van der Waals surface area (Å²) in [5.41, 5.74) is 0. The summed E-state index contributed by atoms with van der Waals surface area (Å²) in [5.74, 6) is -3.65. The van der Waals surface area contributed by atoms with Gasteiger partial charge in [0.05, 0.1) is 0 Å². The van der Waals surface area contributed by atoms with E-state index < -0.39 is 11.9 Å². The van der Waals surface area contributed by atoms with Gasteiger partial charge in [-0.2, -0.15) is 10.1 Å². The highest BCUT2D eigenvalue weighted by Gasteiger charge is 2.04. The molecule has 18 heavy (non-hydrogen) atoms. The van der Waals surface area contributed by atoms with E-state index in [9.17, 15) is 0 Å². The van der Waals surface area contributed by atoms with E-state index in [2.05, 4.69) is 0 Å². The Morgan fingerprint density at radius 1 is 0.722 bits per heavy atom. The molecule has 0 fully saturated rings. The van der Waals surface area contributed by atoms with E-state index in [0.717, 1.165) is 26.2 Å². The summed E-state index contributed by atoms with van der Waals surface area (Å²) in [4.78, 5) is 18.2. The van der Waals surface area contributed by atoms with E-state index in [1.165, 1.54) is 10.1 Å². The van der Waals surface area contributed by atoms with Crippen LogP contribution in [-0.4, -0.2) is 68.9 Å². The smallest absolute Gasteiger partial charge is 0.414 e. The molecule has 0 spiro atoms. The third-order valence-electron chi connectivity index (χ3n) is 1.64. The van der Waals surface area contributed by atoms with Gasteiger partial charge in [-0.15, -0.1) is 0 Å². The molecule has 8 heteroatoms. The van der Waals surface area contributed by atoms with Gasteiger partial charge in [0.15, 0.2) is 0 Å². The number of hydrogen-bond acceptors (Lipinski definition) is 6. The second kappa shape index (κ2) is 15.8. The fourth-order valence-electron chi connectivity index (χ4n) is 0.447. The largest absolute Gasteiger partial charge is 0.473 e. The van der Waals surface area contributed by atoms with Gasteiger partial charge < -0.3 is 20.6 Å². The Morgan fingerprint density at radius 3 is 0.889 bits per heavy atom. The number of hydroxylamine groups is 4. The lowest BCUT2D eigenvalue weighted by atomic mass is 10.6. The topological polar surface area (TPSA) is 122 Å². The Balaban J connectivity index is -0.000000187. The van der Waals surface area contributed by atoms with Gasteiger partial charge in [0.1, 0.15) is 0 Å². The predicted octanol–water partition coefficient (Wildman–Crippen LogP) is 0.590. The SMILES string of the molecule is CCN(O)CC.CCN(O)CC.O=C(O)C(=O)O. The lowest BCUT2D eigenvalue weighted by molar-refractivity contribution is -0.159. The first-order valence-electron chi connectivity index (χ1n) is 5.60. The molecule has 0 aromatic carbocycles. The third kappa shape index (κ3) is 24.2. The first kappa shape index (κ1) is 22.0. The van der Waals surface area contributed by atoms with E-state index in [-0.39, 0.29) is 0 Å². The molecule has 0 saturated carbocycles. The number of carbonyl (C=O) groups is 2. The highest BCUT2D eigenvalue weighted by molar-refractivity contribution is 6.27. The molecule has 0 amide bonds. The molecule has 0 heterocycles. The van der Waals surface area contributed by atoms with Crippen LogP contribution in [0.2, 0.25) is 0 Å². The molecule has 0 rings (SSSR count). The molecular formula is C10H24N2O6. The molecule has 0 radical (unpaired) electrons. The van der Waals surface area contributed by atoms with Crippen LogP contribution in [0.1, 0.15) is 27.7 Å². The zero-order valence-electron chi connectivity index (χ0n) is 11.3. The minimum atomic E-state index is -1.82. The van der Waals surface area contributed by atoms with Gasteiger partial charge in [0, 0.05) is 26.2 Å². The van der Waals surface area contributed by atoms with Crippen molar-refractivity contribution in [1.29, 1.82) is 0 Å². The van der Waals surface area contributed by atoms with Gasteiger partial charge in [0.2, 0.25) is 0 Å². The van der Waals surface area contributed by atoms with Crippen LogP contribution in [0.4, 0.5) is 0 Å². The van der Waals surface area contributed by atoms with E-state index >= 15 is 0 Å². The lowest BCUT2D eigenvalue weighted by Crippen LogP contribution is -2.16. The minimum Gasteiger partial charge on any atom is -0.473 e. The van der Waals surface area contributed by atoms with Crippen molar-refractivity contribution in [2.45, 2.75) is 27.7 Å². The summed E-state index contributed by atoms with van der Waals surface area (Å²) in [7, 11) is 0. The van der Waals surface area contributed by atoms with Crippen molar-refractivity contribution < 1.29 is 30.2 Å². The maximum Gasteiger partial charge on any atom is 0.414 e. The maximum atomic E-state index is 9.10. The predicted molar refractivity (Wildman–Crippen MR) is 64.7 cm³/mol. The minimum absolute atomic E-state index is 0.719. The fraction of sp³-hybridized carbons (Fsp3) is 0.800. The Labute approximate surface area is 107 Å². The molecule has 0 aromatic heterocycles. The summed E-state index contributed by atoms with van der Waals surface area (Å²) in [5, 5.41) is 34.3. The third-order valence-corrected chi connectivity index (χ3v) is 1.64. The fourth-order valence-corrected chi connectivity index (χ4v) is 0.447. The number of nitrogens with zero attached hydrogens (tertiary/aromatic N) is 2. The van der Waals surface area contributed by atoms with Crippen LogP contribution in [0.5, 0.6) is 0 Å². The number of carboxylic acid groups (broad SMARTS) is 2. The van der Waals surface area contributed by atoms with Crippen LogP contribution in [0.3, 0.4) is 0 Å². The molecule has 0 aliphatic heterocycles. The molecule has 0 aliphatic carbocycles. The van der Waals surface area contributed by atoms with Crippen LogP contribution in [-0.2, 0) is 9.59 Å². The van der Waals surface area contributed by atoms with Crippen LogP contribution in [0, 0.1) is 0 Å². The van der Waals surface area contributed by atoms with Gasteiger partial charge in [-0.05, 0) is 0 Å². The molecule has 110 valence electrons. The van der Waals surface area contributed by atoms with Crippen LogP contribution < -0.4 is 0 Å². The normalized spacial score (nSPS) is 9.11. The van der Waals surface area contributed by atoms with E-state index in [0.29, 0.717) is 0 Å². The Hall–Kier alpha value is -1.22. The summed E-state index contributed by atoms with van der Waals surface area (Å²) < 4.78 is 0. The number of rotatable bonds is 4. The molecule has 0 atom stereocenters.